The van der Waals surface area contributed by atoms with Crippen LogP contribution in [0.3, 0.4) is 0 Å². The van der Waals surface area contributed by atoms with Crippen molar-refractivity contribution >= 4 is 43.5 Å². The molecule has 0 radical (unpaired) electrons. The Balaban J connectivity index is 1.22. The second kappa shape index (κ2) is 10.5. The highest BCUT2D eigenvalue weighted by molar-refractivity contribution is 6.23. The number of fused-ring (bicyclic) bond motifs is 9. The highest BCUT2D eigenvalue weighted by Crippen LogP contribution is 2.54. The number of rotatable bonds is 3. The van der Waals surface area contributed by atoms with Gasteiger partial charge in [0.2, 0.25) is 0 Å². The molecule has 238 valence electrons. The van der Waals surface area contributed by atoms with Crippen molar-refractivity contribution in [3.8, 4) is 44.5 Å². The summed E-state index contributed by atoms with van der Waals surface area (Å²) >= 11 is 0. The maximum absolute atomic E-state index is 6.35. The Morgan fingerprint density at radius 1 is 0.420 bits per heavy atom. The quantitative estimate of drug-likeness (QED) is 0.175. The minimum atomic E-state index is -0.200. The van der Waals surface area contributed by atoms with Crippen molar-refractivity contribution in [2.24, 2.45) is 0 Å². The molecule has 0 saturated carbocycles. The number of benzene rings is 8. The predicted molar refractivity (Wildman–Crippen MR) is 212 cm³/mol. The van der Waals surface area contributed by atoms with Gasteiger partial charge in [-0.15, -0.1) is 0 Å². The summed E-state index contributed by atoms with van der Waals surface area (Å²) < 4.78 is 6.35. The van der Waals surface area contributed by atoms with E-state index in [9.17, 15) is 0 Å². The summed E-state index contributed by atoms with van der Waals surface area (Å²) in [6.07, 6.45) is 0. The largest absolute Gasteiger partial charge is 0.456 e. The van der Waals surface area contributed by atoms with Gasteiger partial charge in [0.15, 0.2) is 0 Å². The van der Waals surface area contributed by atoms with Gasteiger partial charge in [-0.25, -0.2) is 0 Å². The molecule has 1 heteroatoms. The molecule has 0 spiro atoms. The fourth-order valence-electron chi connectivity index (χ4n) is 9.14. The first-order valence-electron chi connectivity index (χ1n) is 17.6. The fourth-order valence-corrected chi connectivity index (χ4v) is 9.14. The van der Waals surface area contributed by atoms with E-state index in [-0.39, 0.29) is 5.41 Å². The highest BCUT2D eigenvalue weighted by atomic mass is 16.3. The maximum atomic E-state index is 6.35. The summed E-state index contributed by atoms with van der Waals surface area (Å²) in [6, 6.07) is 53.6. The second-order valence-electron chi connectivity index (χ2n) is 14.5. The zero-order valence-electron chi connectivity index (χ0n) is 28.8. The predicted octanol–water partition coefficient (Wildman–Crippen LogP) is 13.8. The van der Waals surface area contributed by atoms with E-state index < -0.39 is 0 Å². The molecule has 1 aromatic heterocycles. The van der Waals surface area contributed by atoms with Crippen molar-refractivity contribution in [3.63, 3.8) is 0 Å². The van der Waals surface area contributed by atoms with Crippen LogP contribution in [0, 0.1) is 13.8 Å². The van der Waals surface area contributed by atoms with Crippen LogP contribution in [0.15, 0.2) is 150 Å². The molecule has 0 unspecified atom stereocenters. The van der Waals surface area contributed by atoms with Crippen molar-refractivity contribution in [3.05, 3.63) is 168 Å². The van der Waals surface area contributed by atoms with Crippen LogP contribution in [-0.4, -0.2) is 0 Å². The molecule has 50 heavy (non-hydrogen) atoms. The third kappa shape index (κ3) is 3.95. The molecule has 0 fully saturated rings. The first kappa shape index (κ1) is 29.0. The molecular formula is C49H36O. The standard InChI is InChI=1S/C49H36O/c1-29-14-13-15-30(2)44(29)46-37-20-9-7-18-35(37)45(36-19-8-10-21-38(36)46)34-17-6-5-16-32(34)31-24-25-33-39-26-27-43-47(40-22-11-12-23-42(40)50-43)48(39)49(3,4)41(33)28-31/h5-28H,1-4H3. The van der Waals surface area contributed by atoms with Gasteiger partial charge < -0.3 is 4.42 Å². The summed E-state index contributed by atoms with van der Waals surface area (Å²) in [4.78, 5) is 0. The lowest BCUT2D eigenvalue weighted by Gasteiger charge is -2.24. The number of para-hydroxylation sites is 1. The normalized spacial score (nSPS) is 13.4. The van der Waals surface area contributed by atoms with E-state index in [1.54, 1.807) is 0 Å². The van der Waals surface area contributed by atoms with Gasteiger partial charge in [0, 0.05) is 16.2 Å². The summed E-state index contributed by atoms with van der Waals surface area (Å²) in [7, 11) is 0. The Morgan fingerprint density at radius 3 is 1.66 bits per heavy atom. The minimum absolute atomic E-state index is 0.200. The molecule has 10 rings (SSSR count). The number of aryl methyl sites for hydroxylation is 2. The molecule has 0 amide bonds. The van der Waals surface area contributed by atoms with E-state index in [4.69, 9.17) is 4.42 Å². The Bertz CT molecular complexity index is 2780. The molecule has 1 aliphatic carbocycles. The Morgan fingerprint density at radius 2 is 0.980 bits per heavy atom. The summed E-state index contributed by atoms with van der Waals surface area (Å²) in [5.41, 5.74) is 17.3. The Hall–Kier alpha value is -5.92. The molecule has 0 saturated heterocycles. The fraction of sp³-hybridized carbons (Fsp3) is 0.102. The van der Waals surface area contributed by atoms with Crippen LogP contribution >= 0.6 is 0 Å². The van der Waals surface area contributed by atoms with Crippen LogP contribution in [0.25, 0.3) is 88.0 Å². The van der Waals surface area contributed by atoms with Crippen molar-refractivity contribution < 1.29 is 4.42 Å². The smallest absolute Gasteiger partial charge is 0.135 e. The number of hydrogen-bond donors (Lipinski definition) is 0. The van der Waals surface area contributed by atoms with Gasteiger partial charge in [0.25, 0.3) is 0 Å². The lowest BCUT2D eigenvalue weighted by Crippen LogP contribution is -2.15. The Labute approximate surface area is 292 Å². The first-order valence-corrected chi connectivity index (χ1v) is 17.6. The Kier molecular flexibility index (Phi) is 6.12. The van der Waals surface area contributed by atoms with Gasteiger partial charge in [-0.3, -0.25) is 0 Å². The first-order chi connectivity index (χ1) is 24.4. The summed E-state index contributed by atoms with van der Waals surface area (Å²) in [5.74, 6) is 0. The molecule has 0 atom stereocenters. The number of furan rings is 1. The van der Waals surface area contributed by atoms with Crippen LogP contribution in [0.1, 0.15) is 36.1 Å². The van der Waals surface area contributed by atoms with Crippen LogP contribution < -0.4 is 0 Å². The second-order valence-corrected chi connectivity index (χ2v) is 14.5. The molecule has 1 aliphatic rings. The zero-order chi connectivity index (χ0) is 33.7. The topological polar surface area (TPSA) is 13.1 Å². The van der Waals surface area contributed by atoms with Crippen LogP contribution in [0.4, 0.5) is 0 Å². The maximum Gasteiger partial charge on any atom is 0.135 e. The molecule has 9 aromatic rings. The summed E-state index contributed by atoms with van der Waals surface area (Å²) in [6.45, 7) is 9.23. The third-order valence-electron chi connectivity index (χ3n) is 11.3. The molecule has 1 heterocycles. The third-order valence-corrected chi connectivity index (χ3v) is 11.3. The van der Waals surface area contributed by atoms with Gasteiger partial charge in [-0.2, -0.15) is 0 Å². The molecule has 0 aliphatic heterocycles. The minimum Gasteiger partial charge on any atom is -0.456 e. The van der Waals surface area contributed by atoms with Crippen LogP contribution in [0.5, 0.6) is 0 Å². The van der Waals surface area contributed by atoms with Gasteiger partial charge in [0.05, 0.1) is 0 Å². The van der Waals surface area contributed by atoms with E-state index in [2.05, 4.69) is 173 Å². The average molecular weight is 641 g/mol. The van der Waals surface area contributed by atoms with E-state index >= 15 is 0 Å². The van der Waals surface area contributed by atoms with Gasteiger partial charge in [-0.05, 0) is 120 Å². The van der Waals surface area contributed by atoms with E-state index in [1.165, 1.54) is 99.1 Å². The van der Waals surface area contributed by atoms with E-state index in [0.29, 0.717) is 0 Å². The average Bonchev–Trinajstić information content (AvgIpc) is 3.62. The lowest BCUT2D eigenvalue weighted by molar-refractivity contribution is 0.657. The molecular weight excluding hydrogens is 605 g/mol. The SMILES string of the molecule is Cc1cccc(C)c1-c1c2ccccc2c(-c2ccccc2-c2ccc3c(c2)C(C)(C)c2c-3ccc3oc4ccccc4c23)c2ccccc12. The molecule has 8 aromatic carbocycles. The zero-order valence-corrected chi connectivity index (χ0v) is 28.8. The van der Waals surface area contributed by atoms with Crippen molar-refractivity contribution in [2.45, 2.75) is 33.1 Å². The van der Waals surface area contributed by atoms with Crippen LogP contribution in [0.2, 0.25) is 0 Å². The van der Waals surface area contributed by atoms with E-state index in [1.807, 2.05) is 0 Å². The van der Waals surface area contributed by atoms with Crippen molar-refractivity contribution in [1.82, 2.24) is 0 Å². The van der Waals surface area contributed by atoms with Crippen molar-refractivity contribution in [2.75, 3.05) is 0 Å². The molecule has 0 N–H and O–H groups in total. The van der Waals surface area contributed by atoms with Crippen molar-refractivity contribution in [1.29, 1.82) is 0 Å². The highest BCUT2D eigenvalue weighted by Gasteiger charge is 2.38. The monoisotopic (exact) mass is 640 g/mol. The van der Waals surface area contributed by atoms with Gasteiger partial charge in [-0.1, -0.05) is 141 Å². The van der Waals surface area contributed by atoms with E-state index in [0.717, 1.165) is 11.2 Å². The molecule has 0 bridgehead atoms. The number of hydrogen-bond acceptors (Lipinski definition) is 1. The van der Waals surface area contributed by atoms with Gasteiger partial charge >= 0.3 is 0 Å². The van der Waals surface area contributed by atoms with Gasteiger partial charge in [0.1, 0.15) is 11.2 Å². The summed E-state index contributed by atoms with van der Waals surface area (Å²) in [5, 5.41) is 7.56. The van der Waals surface area contributed by atoms with Crippen LogP contribution in [-0.2, 0) is 5.41 Å². The molecule has 1 nitrogen and oxygen atoms in total. The lowest BCUT2D eigenvalue weighted by atomic mass is 9.79.